The van der Waals surface area contributed by atoms with Crippen LogP contribution in [0.25, 0.3) is 0 Å². The molecule has 0 aromatic heterocycles. The number of sulfone groups is 1. The van der Waals surface area contributed by atoms with Gasteiger partial charge in [0.05, 0.1) is 11.4 Å². The Balaban J connectivity index is 0.00000729. The first kappa shape index (κ1) is 27.1. The van der Waals surface area contributed by atoms with Crippen LogP contribution in [0.4, 0.5) is 0 Å². The van der Waals surface area contributed by atoms with Crippen LogP contribution < -0.4 is 10.6 Å². The highest BCUT2D eigenvalue weighted by atomic mass is 127. The van der Waals surface area contributed by atoms with Gasteiger partial charge in [-0.3, -0.25) is 0 Å². The van der Waals surface area contributed by atoms with E-state index in [-0.39, 0.29) is 24.0 Å². The summed E-state index contributed by atoms with van der Waals surface area (Å²) in [5.41, 5.74) is 1.75. The molecule has 1 atom stereocenters. The van der Waals surface area contributed by atoms with Crippen LogP contribution in [0.3, 0.4) is 0 Å². The molecule has 2 N–H and O–H groups in total. The molecule has 1 aromatic carbocycles. The predicted molar refractivity (Wildman–Crippen MR) is 129 cm³/mol. The molecule has 28 heavy (non-hydrogen) atoms. The summed E-state index contributed by atoms with van der Waals surface area (Å²) in [4.78, 5) is 7.27. The summed E-state index contributed by atoms with van der Waals surface area (Å²) < 4.78 is 23.5. The second kappa shape index (κ2) is 12.6. The van der Waals surface area contributed by atoms with Gasteiger partial charge in [-0.2, -0.15) is 0 Å². The maximum atomic E-state index is 11.7. The molecule has 0 amide bonds. The van der Waals surface area contributed by atoms with Gasteiger partial charge < -0.3 is 15.5 Å². The smallest absolute Gasteiger partial charge is 0.191 e. The molecule has 0 heterocycles. The average Bonchev–Trinajstić information content (AvgIpc) is 2.54. The van der Waals surface area contributed by atoms with Crippen molar-refractivity contribution < 1.29 is 8.42 Å². The minimum Gasteiger partial charge on any atom is -0.357 e. The number of guanidine groups is 1. The predicted octanol–water partition coefficient (Wildman–Crippen LogP) is 3.05. The summed E-state index contributed by atoms with van der Waals surface area (Å²) in [5.74, 6) is 1.41. The number of nitrogens with zero attached hydrogens (tertiary/aromatic N) is 2. The van der Waals surface area contributed by atoms with E-state index >= 15 is 0 Å². The molecule has 0 radical (unpaired) electrons. The largest absolute Gasteiger partial charge is 0.357 e. The Bertz CT molecular complexity index is 734. The van der Waals surface area contributed by atoms with Crippen LogP contribution in [0.5, 0.6) is 0 Å². The highest BCUT2D eigenvalue weighted by molar-refractivity contribution is 14.0. The molecular weight excluding hydrogens is 487 g/mol. The first-order valence-electron chi connectivity index (χ1n) is 9.52. The number of rotatable bonds is 9. The second-order valence-electron chi connectivity index (χ2n) is 7.70. The van der Waals surface area contributed by atoms with Gasteiger partial charge in [0.25, 0.3) is 0 Å². The van der Waals surface area contributed by atoms with E-state index in [1.807, 2.05) is 26.0 Å². The van der Waals surface area contributed by atoms with E-state index in [0.717, 1.165) is 36.6 Å². The van der Waals surface area contributed by atoms with E-state index in [1.165, 1.54) is 6.26 Å². The Morgan fingerprint density at radius 2 is 1.86 bits per heavy atom. The zero-order valence-corrected chi connectivity index (χ0v) is 21.4. The quantitative estimate of drug-likeness (QED) is 0.295. The van der Waals surface area contributed by atoms with E-state index in [1.54, 1.807) is 6.07 Å². The molecule has 0 aliphatic carbocycles. The number of aliphatic imine (C=N–C) groups is 1. The van der Waals surface area contributed by atoms with E-state index in [9.17, 15) is 8.42 Å². The maximum Gasteiger partial charge on any atom is 0.191 e. The molecule has 0 saturated carbocycles. The summed E-state index contributed by atoms with van der Waals surface area (Å²) in [5, 5.41) is 6.70. The topological polar surface area (TPSA) is 73.8 Å². The maximum absolute atomic E-state index is 11.7. The van der Waals surface area contributed by atoms with Crippen LogP contribution in [0.15, 0.2) is 28.1 Å². The van der Waals surface area contributed by atoms with Crippen molar-refractivity contribution in [2.75, 3.05) is 33.4 Å². The van der Waals surface area contributed by atoms with Gasteiger partial charge in [0.1, 0.15) is 0 Å². The van der Waals surface area contributed by atoms with Gasteiger partial charge in [-0.25, -0.2) is 13.4 Å². The molecule has 0 fully saturated rings. The molecule has 0 aliphatic heterocycles. The second-order valence-corrected chi connectivity index (χ2v) is 9.68. The fourth-order valence-electron chi connectivity index (χ4n) is 2.97. The lowest BCUT2D eigenvalue weighted by Gasteiger charge is -2.27. The van der Waals surface area contributed by atoms with Crippen molar-refractivity contribution in [2.24, 2.45) is 10.9 Å². The minimum atomic E-state index is -3.19. The van der Waals surface area contributed by atoms with E-state index in [4.69, 9.17) is 0 Å². The number of halogens is 1. The lowest BCUT2D eigenvalue weighted by atomic mass is 10.0. The van der Waals surface area contributed by atoms with Crippen molar-refractivity contribution in [3.05, 3.63) is 29.3 Å². The zero-order chi connectivity index (χ0) is 20.6. The molecule has 0 spiro atoms. The SMILES string of the molecule is CCNC(=NCc1ccc(S(C)(=O)=O)c(C)c1)NCC(CC(C)C)N(C)C.I. The van der Waals surface area contributed by atoms with Crippen molar-refractivity contribution in [1.82, 2.24) is 15.5 Å². The van der Waals surface area contributed by atoms with Gasteiger partial charge in [0.2, 0.25) is 0 Å². The third-order valence-electron chi connectivity index (χ3n) is 4.38. The number of aryl methyl sites for hydroxylation is 1. The lowest BCUT2D eigenvalue weighted by molar-refractivity contribution is 0.254. The lowest BCUT2D eigenvalue weighted by Crippen LogP contribution is -2.45. The fourth-order valence-corrected chi connectivity index (χ4v) is 3.93. The van der Waals surface area contributed by atoms with Gasteiger partial charge in [0.15, 0.2) is 15.8 Å². The van der Waals surface area contributed by atoms with Crippen molar-refractivity contribution in [2.45, 2.75) is 51.6 Å². The Morgan fingerprint density at radius 3 is 2.32 bits per heavy atom. The molecule has 162 valence electrons. The summed E-state index contributed by atoms with van der Waals surface area (Å²) in [6, 6.07) is 5.83. The van der Waals surface area contributed by atoms with E-state index in [2.05, 4.69) is 48.5 Å². The van der Waals surface area contributed by atoms with E-state index < -0.39 is 9.84 Å². The van der Waals surface area contributed by atoms with Crippen molar-refractivity contribution in [1.29, 1.82) is 0 Å². The zero-order valence-electron chi connectivity index (χ0n) is 18.2. The number of hydrogen-bond donors (Lipinski definition) is 2. The summed E-state index contributed by atoms with van der Waals surface area (Å²) in [6.07, 6.45) is 2.35. The molecule has 0 bridgehead atoms. The van der Waals surface area contributed by atoms with Gasteiger partial charge >= 0.3 is 0 Å². The van der Waals surface area contributed by atoms with Gasteiger partial charge in [0, 0.05) is 25.4 Å². The molecule has 0 saturated heterocycles. The summed E-state index contributed by atoms with van der Waals surface area (Å²) in [6.45, 7) is 10.4. The van der Waals surface area contributed by atoms with E-state index in [0.29, 0.717) is 23.4 Å². The van der Waals surface area contributed by atoms with Crippen LogP contribution in [-0.4, -0.2) is 58.8 Å². The Morgan fingerprint density at radius 1 is 1.21 bits per heavy atom. The third kappa shape index (κ3) is 9.56. The van der Waals surface area contributed by atoms with Crippen LogP contribution in [0.2, 0.25) is 0 Å². The van der Waals surface area contributed by atoms with Gasteiger partial charge in [-0.15, -0.1) is 24.0 Å². The molecular formula is C20H37IN4O2S. The normalized spacial score (nSPS) is 13.4. The first-order valence-corrected chi connectivity index (χ1v) is 11.4. The summed E-state index contributed by atoms with van der Waals surface area (Å²) >= 11 is 0. The van der Waals surface area contributed by atoms with Gasteiger partial charge in [-0.1, -0.05) is 26.0 Å². The molecule has 6 nitrogen and oxygen atoms in total. The van der Waals surface area contributed by atoms with Crippen LogP contribution in [0.1, 0.15) is 38.3 Å². The van der Waals surface area contributed by atoms with Crippen LogP contribution >= 0.6 is 24.0 Å². The Labute approximate surface area is 188 Å². The number of hydrogen-bond acceptors (Lipinski definition) is 4. The highest BCUT2D eigenvalue weighted by Crippen LogP contribution is 2.17. The number of benzene rings is 1. The Kier molecular flexibility index (Phi) is 12.2. The highest BCUT2D eigenvalue weighted by Gasteiger charge is 2.14. The monoisotopic (exact) mass is 524 g/mol. The number of likely N-dealkylation sites (N-methyl/N-ethyl adjacent to an activating group) is 1. The first-order chi connectivity index (χ1) is 12.5. The minimum absolute atomic E-state index is 0. The Hall–Kier alpha value is -0.870. The molecule has 0 aliphatic rings. The molecule has 1 aromatic rings. The van der Waals surface area contributed by atoms with Crippen molar-refractivity contribution in [3.63, 3.8) is 0 Å². The van der Waals surface area contributed by atoms with Gasteiger partial charge in [-0.05, 0) is 57.5 Å². The number of nitrogens with one attached hydrogen (secondary N) is 2. The molecule has 8 heteroatoms. The standard InChI is InChI=1S/C20H36N4O2S.HI/c1-8-21-20(23-14-18(24(5)6)11-15(2)3)22-13-17-9-10-19(16(4)12-17)27(7,25)26;/h9-10,12,15,18H,8,11,13-14H2,1-7H3,(H2,21,22,23);1H. The van der Waals surface area contributed by atoms with Crippen molar-refractivity contribution >= 4 is 39.8 Å². The summed E-state index contributed by atoms with van der Waals surface area (Å²) in [7, 11) is 1.01. The van der Waals surface area contributed by atoms with Crippen molar-refractivity contribution in [3.8, 4) is 0 Å². The average molecular weight is 525 g/mol. The van der Waals surface area contributed by atoms with Crippen LogP contribution in [-0.2, 0) is 16.4 Å². The fraction of sp³-hybridized carbons (Fsp3) is 0.650. The third-order valence-corrected chi connectivity index (χ3v) is 5.64. The van der Waals surface area contributed by atoms with Crippen LogP contribution in [0, 0.1) is 12.8 Å². The molecule has 1 unspecified atom stereocenters. The molecule has 1 rings (SSSR count).